The van der Waals surface area contributed by atoms with Gasteiger partial charge in [0.05, 0.1) is 17.7 Å². The van der Waals surface area contributed by atoms with Crippen molar-refractivity contribution in [1.82, 2.24) is 5.32 Å². The van der Waals surface area contributed by atoms with Crippen LogP contribution in [0.1, 0.15) is 50.8 Å². The zero-order valence-corrected chi connectivity index (χ0v) is 12.0. The van der Waals surface area contributed by atoms with E-state index in [0.29, 0.717) is 6.04 Å². The maximum Gasteiger partial charge on any atom is 0.0776 e. The van der Waals surface area contributed by atoms with Gasteiger partial charge in [0, 0.05) is 0 Å². The second-order valence-corrected chi connectivity index (χ2v) is 6.13. The lowest BCUT2D eigenvalue weighted by molar-refractivity contribution is -0.0776. The monoisotopic (exact) mass is 247 g/mol. The number of fused-ring (bicyclic) bond motifs is 1. The van der Waals surface area contributed by atoms with Crippen LogP contribution in [0.5, 0.6) is 0 Å². The van der Waals surface area contributed by atoms with E-state index in [1.54, 1.807) is 0 Å². The van der Waals surface area contributed by atoms with Gasteiger partial charge in [-0.3, -0.25) is 0 Å². The smallest absolute Gasteiger partial charge is 0.0776 e. The number of hydrogen-bond acceptors (Lipinski definition) is 2. The summed E-state index contributed by atoms with van der Waals surface area (Å²) in [6.45, 7) is 6.41. The van der Waals surface area contributed by atoms with E-state index in [4.69, 9.17) is 4.74 Å². The Balaban J connectivity index is 2.28. The molecule has 0 aliphatic heterocycles. The Hall–Kier alpha value is -0.860. The van der Waals surface area contributed by atoms with Crippen LogP contribution in [-0.2, 0) is 11.2 Å². The molecule has 2 unspecified atom stereocenters. The van der Waals surface area contributed by atoms with Gasteiger partial charge in [-0.15, -0.1) is 0 Å². The molecule has 1 aromatic carbocycles. The lowest BCUT2D eigenvalue weighted by Gasteiger charge is -2.32. The van der Waals surface area contributed by atoms with Gasteiger partial charge in [-0.25, -0.2) is 0 Å². The number of aryl methyl sites for hydroxylation is 1. The van der Waals surface area contributed by atoms with Gasteiger partial charge in [0.25, 0.3) is 0 Å². The molecule has 2 atom stereocenters. The van der Waals surface area contributed by atoms with E-state index in [0.717, 1.165) is 6.42 Å². The van der Waals surface area contributed by atoms with Crippen molar-refractivity contribution >= 4 is 0 Å². The fraction of sp³-hybridized carbons (Fsp3) is 0.625. The molecule has 2 heteroatoms. The Morgan fingerprint density at radius 3 is 2.61 bits per heavy atom. The quantitative estimate of drug-likeness (QED) is 0.808. The number of benzene rings is 1. The average molecular weight is 247 g/mol. The summed E-state index contributed by atoms with van der Waals surface area (Å²) in [5.41, 5.74) is 2.79. The molecular weight excluding hydrogens is 222 g/mol. The van der Waals surface area contributed by atoms with Crippen LogP contribution in [0.15, 0.2) is 24.3 Å². The highest BCUT2D eigenvalue weighted by atomic mass is 16.5. The second kappa shape index (κ2) is 5.41. The SMILES string of the molecule is CNC1c2ccccc2CCCC1OC(C)(C)C. The molecule has 1 aliphatic rings. The molecule has 18 heavy (non-hydrogen) atoms. The van der Waals surface area contributed by atoms with Gasteiger partial charge in [0.2, 0.25) is 0 Å². The summed E-state index contributed by atoms with van der Waals surface area (Å²) in [5.74, 6) is 0. The van der Waals surface area contributed by atoms with Gasteiger partial charge in [-0.1, -0.05) is 24.3 Å². The van der Waals surface area contributed by atoms with Crippen LogP contribution < -0.4 is 5.32 Å². The summed E-state index contributed by atoms with van der Waals surface area (Å²) in [5, 5.41) is 3.45. The Morgan fingerprint density at radius 2 is 1.94 bits per heavy atom. The molecule has 0 amide bonds. The summed E-state index contributed by atoms with van der Waals surface area (Å²) in [7, 11) is 2.03. The van der Waals surface area contributed by atoms with Crippen molar-refractivity contribution < 1.29 is 4.74 Å². The van der Waals surface area contributed by atoms with Gasteiger partial charge < -0.3 is 10.1 Å². The summed E-state index contributed by atoms with van der Waals surface area (Å²) >= 11 is 0. The zero-order valence-electron chi connectivity index (χ0n) is 12.0. The maximum atomic E-state index is 6.26. The van der Waals surface area contributed by atoms with E-state index in [1.807, 2.05) is 7.05 Å². The van der Waals surface area contributed by atoms with Gasteiger partial charge in [0.15, 0.2) is 0 Å². The first-order chi connectivity index (χ1) is 8.51. The molecule has 0 radical (unpaired) electrons. The Morgan fingerprint density at radius 1 is 1.22 bits per heavy atom. The molecule has 0 bridgehead atoms. The molecular formula is C16H25NO. The van der Waals surface area contributed by atoms with Crippen molar-refractivity contribution in [3.05, 3.63) is 35.4 Å². The fourth-order valence-corrected chi connectivity index (χ4v) is 2.85. The van der Waals surface area contributed by atoms with Gasteiger partial charge in [-0.05, 0) is 58.2 Å². The molecule has 0 fully saturated rings. The molecule has 0 saturated heterocycles. The first-order valence-electron chi connectivity index (χ1n) is 6.94. The van der Waals surface area contributed by atoms with Crippen LogP contribution in [-0.4, -0.2) is 18.8 Å². The first-order valence-corrected chi connectivity index (χ1v) is 6.94. The predicted octanol–water partition coefficient (Wildman–Crippen LogP) is 3.47. The zero-order chi connectivity index (χ0) is 13.2. The van der Waals surface area contributed by atoms with Crippen molar-refractivity contribution in [3.8, 4) is 0 Å². The van der Waals surface area contributed by atoms with Crippen molar-refractivity contribution in [1.29, 1.82) is 0 Å². The summed E-state index contributed by atoms with van der Waals surface area (Å²) in [4.78, 5) is 0. The molecule has 1 aliphatic carbocycles. The van der Waals surface area contributed by atoms with Crippen LogP contribution in [0.2, 0.25) is 0 Å². The maximum absolute atomic E-state index is 6.26. The molecule has 2 rings (SSSR count). The van der Waals surface area contributed by atoms with Crippen LogP contribution in [0.3, 0.4) is 0 Å². The highest BCUT2D eigenvalue weighted by Crippen LogP contribution is 2.32. The van der Waals surface area contributed by atoms with Crippen molar-refractivity contribution in [2.45, 2.75) is 57.8 Å². The number of nitrogens with one attached hydrogen (secondary N) is 1. The van der Waals surface area contributed by atoms with Crippen LogP contribution in [0, 0.1) is 0 Å². The standard InChI is InChI=1S/C16H25NO/c1-16(2,3)18-14-11-7-9-12-8-5-6-10-13(12)15(14)17-4/h5-6,8,10,14-15,17H,7,9,11H2,1-4H3. The molecule has 0 heterocycles. The van der Waals surface area contributed by atoms with Crippen molar-refractivity contribution in [2.24, 2.45) is 0 Å². The van der Waals surface area contributed by atoms with Gasteiger partial charge >= 0.3 is 0 Å². The lowest BCUT2D eigenvalue weighted by atomic mass is 9.97. The predicted molar refractivity (Wildman–Crippen MR) is 75.8 cm³/mol. The Bertz CT molecular complexity index is 394. The fourth-order valence-electron chi connectivity index (χ4n) is 2.85. The number of likely N-dealkylation sites (N-methyl/N-ethyl adjacent to an activating group) is 1. The Kier molecular flexibility index (Phi) is 4.08. The normalized spacial score (nSPS) is 24.4. The van der Waals surface area contributed by atoms with Gasteiger partial charge in [0.1, 0.15) is 0 Å². The highest BCUT2D eigenvalue weighted by Gasteiger charge is 2.30. The third-order valence-electron chi connectivity index (χ3n) is 3.51. The molecule has 2 nitrogen and oxygen atoms in total. The molecule has 100 valence electrons. The molecule has 1 N–H and O–H groups in total. The summed E-state index contributed by atoms with van der Waals surface area (Å²) < 4.78 is 6.26. The van der Waals surface area contributed by atoms with Gasteiger partial charge in [-0.2, -0.15) is 0 Å². The molecule has 1 aromatic rings. The van der Waals surface area contributed by atoms with E-state index < -0.39 is 0 Å². The number of hydrogen-bond donors (Lipinski definition) is 1. The van der Waals surface area contributed by atoms with Crippen LogP contribution >= 0.6 is 0 Å². The largest absolute Gasteiger partial charge is 0.371 e. The highest BCUT2D eigenvalue weighted by molar-refractivity contribution is 5.32. The molecule has 0 saturated carbocycles. The third kappa shape index (κ3) is 3.12. The summed E-state index contributed by atoms with van der Waals surface area (Å²) in [6, 6.07) is 9.06. The topological polar surface area (TPSA) is 21.3 Å². The minimum atomic E-state index is -0.0843. The molecule has 0 aromatic heterocycles. The number of rotatable bonds is 2. The van der Waals surface area contributed by atoms with Crippen molar-refractivity contribution in [2.75, 3.05) is 7.05 Å². The van der Waals surface area contributed by atoms with E-state index in [9.17, 15) is 0 Å². The third-order valence-corrected chi connectivity index (χ3v) is 3.51. The van der Waals surface area contributed by atoms with Crippen molar-refractivity contribution in [3.63, 3.8) is 0 Å². The number of ether oxygens (including phenoxy) is 1. The van der Waals surface area contributed by atoms with Crippen LogP contribution in [0.25, 0.3) is 0 Å². The molecule has 0 spiro atoms. The lowest BCUT2D eigenvalue weighted by Crippen LogP contribution is -2.36. The second-order valence-electron chi connectivity index (χ2n) is 6.13. The summed E-state index contributed by atoms with van der Waals surface area (Å²) in [6.07, 6.45) is 3.75. The van der Waals surface area contributed by atoms with E-state index >= 15 is 0 Å². The van der Waals surface area contributed by atoms with E-state index in [1.165, 1.54) is 24.0 Å². The van der Waals surface area contributed by atoms with E-state index in [2.05, 4.69) is 50.4 Å². The minimum absolute atomic E-state index is 0.0843. The first kappa shape index (κ1) is 13.6. The van der Waals surface area contributed by atoms with E-state index in [-0.39, 0.29) is 11.7 Å². The Labute approximate surface area is 111 Å². The van der Waals surface area contributed by atoms with Crippen LogP contribution in [0.4, 0.5) is 0 Å². The average Bonchev–Trinajstić information content (AvgIpc) is 2.45. The minimum Gasteiger partial charge on any atom is -0.371 e.